The first kappa shape index (κ1) is 16.4. The number of rotatable bonds is 5. The number of amides is 1. The van der Waals surface area contributed by atoms with Crippen LogP contribution >= 0.6 is 11.8 Å². The van der Waals surface area contributed by atoms with E-state index < -0.39 is 0 Å². The first-order valence-corrected chi connectivity index (χ1v) is 9.54. The molecule has 23 heavy (non-hydrogen) atoms. The Bertz CT molecular complexity index is 713. The fraction of sp³-hybridized carbons (Fsp3) is 0.556. The number of thioether (sulfide) groups is 1. The Balaban J connectivity index is 1.90. The van der Waals surface area contributed by atoms with Crippen LogP contribution in [0, 0.1) is 0 Å². The third-order valence-corrected chi connectivity index (χ3v) is 6.22. The third kappa shape index (κ3) is 2.75. The van der Waals surface area contributed by atoms with Crippen LogP contribution in [0.3, 0.4) is 0 Å². The van der Waals surface area contributed by atoms with Crippen molar-refractivity contribution in [2.75, 3.05) is 6.26 Å². The molecule has 0 aliphatic heterocycles. The molecule has 0 spiro atoms. The average Bonchev–Trinajstić information content (AvgIpc) is 2.86. The average molecular weight is 331 g/mol. The van der Waals surface area contributed by atoms with Crippen LogP contribution in [0.5, 0.6) is 0 Å². The number of hydrogen-bond acceptors (Lipinski definition) is 3. The summed E-state index contributed by atoms with van der Waals surface area (Å²) in [5, 5.41) is 3.20. The van der Waals surface area contributed by atoms with Gasteiger partial charge in [-0.1, -0.05) is 12.1 Å². The maximum absolute atomic E-state index is 12.7. The van der Waals surface area contributed by atoms with Gasteiger partial charge >= 0.3 is 0 Å². The van der Waals surface area contributed by atoms with Gasteiger partial charge < -0.3 is 9.88 Å². The molecule has 1 heterocycles. The molecule has 5 heteroatoms. The molecule has 3 rings (SSSR count). The number of imidazole rings is 1. The first-order valence-electron chi connectivity index (χ1n) is 8.31. The lowest BCUT2D eigenvalue weighted by Gasteiger charge is -2.39. The van der Waals surface area contributed by atoms with Crippen LogP contribution in [-0.2, 0) is 4.79 Å². The smallest absolute Gasteiger partial charge is 0.236 e. The van der Waals surface area contributed by atoms with Gasteiger partial charge in [0, 0.05) is 6.04 Å². The number of benzene rings is 1. The Hall–Kier alpha value is -1.49. The summed E-state index contributed by atoms with van der Waals surface area (Å²) in [7, 11) is 0. The molecule has 0 radical (unpaired) electrons. The van der Waals surface area contributed by atoms with Gasteiger partial charge in [0.15, 0.2) is 0 Å². The Morgan fingerprint density at radius 1 is 1.30 bits per heavy atom. The van der Waals surface area contributed by atoms with Crippen LogP contribution in [-0.4, -0.2) is 26.5 Å². The number of para-hydroxylation sites is 2. The quantitative estimate of drug-likeness (QED) is 0.898. The molecule has 124 valence electrons. The Morgan fingerprint density at radius 3 is 2.57 bits per heavy atom. The molecule has 1 amide bonds. The molecule has 1 fully saturated rings. The van der Waals surface area contributed by atoms with Crippen molar-refractivity contribution >= 4 is 28.7 Å². The SMILES string of the molecule is CSC1(C(=O)NC(C)c2nc3ccccc3n2C(C)C)CCC1. The summed E-state index contributed by atoms with van der Waals surface area (Å²) in [5.74, 6) is 1.09. The van der Waals surface area contributed by atoms with Crippen LogP contribution in [0.1, 0.15) is 57.9 Å². The predicted molar refractivity (Wildman–Crippen MR) is 96.8 cm³/mol. The monoisotopic (exact) mass is 331 g/mol. The second-order valence-corrected chi connectivity index (χ2v) is 7.86. The number of nitrogens with one attached hydrogen (secondary N) is 1. The fourth-order valence-corrected chi connectivity index (χ4v) is 4.27. The van der Waals surface area contributed by atoms with E-state index in [-0.39, 0.29) is 16.7 Å². The van der Waals surface area contributed by atoms with E-state index in [2.05, 4.69) is 29.8 Å². The summed E-state index contributed by atoms with van der Waals surface area (Å²) in [6, 6.07) is 8.37. The van der Waals surface area contributed by atoms with Crippen LogP contribution in [0.2, 0.25) is 0 Å². The van der Waals surface area contributed by atoms with Crippen LogP contribution < -0.4 is 5.32 Å². The van der Waals surface area contributed by atoms with Gasteiger partial charge in [-0.3, -0.25) is 4.79 Å². The molecule has 1 aromatic heterocycles. The van der Waals surface area contributed by atoms with Crippen molar-refractivity contribution in [2.24, 2.45) is 0 Å². The fourth-order valence-electron chi connectivity index (χ4n) is 3.33. The van der Waals surface area contributed by atoms with Crippen molar-refractivity contribution in [3.8, 4) is 0 Å². The Kier molecular flexibility index (Phi) is 4.41. The van der Waals surface area contributed by atoms with Crippen molar-refractivity contribution in [1.82, 2.24) is 14.9 Å². The molecule has 1 aromatic carbocycles. The molecule has 1 N–H and O–H groups in total. The van der Waals surface area contributed by atoms with Gasteiger partial charge in [-0.05, 0) is 58.4 Å². The molecule has 4 nitrogen and oxygen atoms in total. The van der Waals surface area contributed by atoms with Gasteiger partial charge in [-0.25, -0.2) is 4.98 Å². The molecule has 1 atom stereocenters. The lowest BCUT2D eigenvalue weighted by atomic mass is 9.83. The number of carbonyl (C=O) groups is 1. The lowest BCUT2D eigenvalue weighted by molar-refractivity contribution is -0.126. The van der Waals surface area contributed by atoms with Gasteiger partial charge in [0.25, 0.3) is 0 Å². The standard InChI is InChI=1S/C18H25N3OS/c1-12(2)21-15-9-6-5-8-14(15)20-16(21)13(3)19-17(22)18(23-4)10-7-11-18/h5-6,8-9,12-13H,7,10-11H2,1-4H3,(H,19,22). The van der Waals surface area contributed by atoms with E-state index in [1.165, 1.54) is 0 Å². The highest BCUT2D eigenvalue weighted by Crippen LogP contribution is 2.43. The Morgan fingerprint density at radius 2 is 2.00 bits per heavy atom. The molecule has 0 bridgehead atoms. The number of hydrogen-bond donors (Lipinski definition) is 1. The summed E-state index contributed by atoms with van der Waals surface area (Å²) in [5.41, 5.74) is 2.11. The summed E-state index contributed by atoms with van der Waals surface area (Å²) in [6.07, 6.45) is 5.14. The second-order valence-electron chi connectivity index (χ2n) is 6.67. The zero-order chi connectivity index (χ0) is 16.6. The molecule has 2 aromatic rings. The van der Waals surface area contributed by atoms with E-state index in [9.17, 15) is 4.79 Å². The Labute approximate surface area is 142 Å². The maximum atomic E-state index is 12.7. The molecule has 1 unspecified atom stereocenters. The summed E-state index contributed by atoms with van der Waals surface area (Å²) in [6.45, 7) is 6.34. The first-order chi connectivity index (χ1) is 11.0. The third-order valence-electron chi connectivity index (χ3n) is 4.84. The molecular weight excluding hydrogens is 306 g/mol. The van der Waals surface area contributed by atoms with Crippen LogP contribution in [0.15, 0.2) is 24.3 Å². The topological polar surface area (TPSA) is 46.9 Å². The largest absolute Gasteiger partial charge is 0.345 e. The van der Waals surface area contributed by atoms with Gasteiger partial charge in [0.1, 0.15) is 5.82 Å². The van der Waals surface area contributed by atoms with Crippen molar-refractivity contribution in [3.05, 3.63) is 30.1 Å². The highest BCUT2D eigenvalue weighted by atomic mass is 32.2. The predicted octanol–water partition coefficient (Wildman–Crippen LogP) is 4.08. The van der Waals surface area contributed by atoms with Gasteiger partial charge in [-0.2, -0.15) is 0 Å². The van der Waals surface area contributed by atoms with E-state index in [1.807, 2.05) is 31.4 Å². The molecule has 1 aliphatic carbocycles. The van der Waals surface area contributed by atoms with E-state index in [1.54, 1.807) is 11.8 Å². The molecule has 1 aliphatic rings. The summed E-state index contributed by atoms with van der Waals surface area (Å²) in [4.78, 5) is 17.5. The number of aromatic nitrogens is 2. The van der Waals surface area contributed by atoms with Gasteiger partial charge in [-0.15, -0.1) is 11.8 Å². The highest BCUT2D eigenvalue weighted by molar-refractivity contribution is 8.00. The number of nitrogens with zero attached hydrogens (tertiary/aromatic N) is 2. The van der Waals surface area contributed by atoms with Gasteiger partial charge in [0.05, 0.1) is 21.8 Å². The van der Waals surface area contributed by atoms with Gasteiger partial charge in [0.2, 0.25) is 5.91 Å². The van der Waals surface area contributed by atoms with E-state index in [4.69, 9.17) is 4.98 Å². The highest BCUT2D eigenvalue weighted by Gasteiger charge is 2.44. The number of carbonyl (C=O) groups excluding carboxylic acids is 1. The van der Waals surface area contributed by atoms with Crippen LogP contribution in [0.25, 0.3) is 11.0 Å². The summed E-state index contributed by atoms with van der Waals surface area (Å²) >= 11 is 1.68. The minimum absolute atomic E-state index is 0.0954. The molecular formula is C18H25N3OS. The lowest BCUT2D eigenvalue weighted by Crippen LogP contribution is -2.49. The zero-order valence-electron chi connectivity index (χ0n) is 14.3. The van der Waals surface area contributed by atoms with Crippen molar-refractivity contribution < 1.29 is 4.79 Å². The number of fused-ring (bicyclic) bond motifs is 1. The zero-order valence-corrected chi connectivity index (χ0v) is 15.1. The van der Waals surface area contributed by atoms with E-state index >= 15 is 0 Å². The summed E-state index contributed by atoms with van der Waals surface area (Å²) < 4.78 is 2.01. The van der Waals surface area contributed by atoms with E-state index in [0.29, 0.717) is 6.04 Å². The van der Waals surface area contributed by atoms with Crippen molar-refractivity contribution in [1.29, 1.82) is 0 Å². The van der Waals surface area contributed by atoms with Crippen LogP contribution in [0.4, 0.5) is 0 Å². The van der Waals surface area contributed by atoms with Crippen molar-refractivity contribution in [3.63, 3.8) is 0 Å². The minimum Gasteiger partial charge on any atom is -0.345 e. The second kappa shape index (κ2) is 6.19. The van der Waals surface area contributed by atoms with Crippen molar-refractivity contribution in [2.45, 2.75) is 56.9 Å². The van der Waals surface area contributed by atoms with E-state index in [0.717, 1.165) is 36.1 Å². The molecule has 0 saturated heterocycles. The minimum atomic E-state index is -0.219. The molecule has 1 saturated carbocycles. The maximum Gasteiger partial charge on any atom is 0.236 e. The normalized spacial score (nSPS) is 18.0.